The number of aliphatic carboxylic acids is 1. The number of nitrogens with one attached hydrogen (secondary N) is 2. The average Bonchev–Trinajstić information content (AvgIpc) is 2.31. The molecule has 7 heteroatoms. The van der Waals surface area contributed by atoms with E-state index in [1.165, 1.54) is 12.1 Å². The van der Waals surface area contributed by atoms with Gasteiger partial charge in [-0.2, -0.15) is 0 Å². The van der Waals surface area contributed by atoms with Gasteiger partial charge in [0, 0.05) is 17.8 Å². The first-order valence-corrected chi connectivity index (χ1v) is 5.17. The standard InChI is InChI=1S/C12H11FN2O4/c1-7-2-3-8(13)6-9(7)14-12(19)15-10(16)4-5-11(17)18/h2-6H,1H3,(H,17,18)(H2,14,15,16,19)/b5-4+. The van der Waals surface area contributed by atoms with Gasteiger partial charge in [0.15, 0.2) is 0 Å². The lowest BCUT2D eigenvalue weighted by Crippen LogP contribution is -2.33. The predicted octanol–water partition coefficient (Wildman–Crippen LogP) is 1.42. The van der Waals surface area contributed by atoms with Crippen LogP contribution in [0, 0.1) is 12.7 Å². The van der Waals surface area contributed by atoms with E-state index in [0.29, 0.717) is 17.7 Å². The molecule has 0 radical (unpaired) electrons. The molecule has 19 heavy (non-hydrogen) atoms. The summed E-state index contributed by atoms with van der Waals surface area (Å²) in [5.41, 5.74) is 0.831. The average molecular weight is 266 g/mol. The van der Waals surface area contributed by atoms with Crippen molar-refractivity contribution in [2.75, 3.05) is 5.32 Å². The molecule has 0 fully saturated rings. The fourth-order valence-corrected chi connectivity index (χ4v) is 1.18. The number of carbonyl (C=O) groups is 3. The molecule has 0 saturated heterocycles. The molecule has 6 nitrogen and oxygen atoms in total. The zero-order valence-electron chi connectivity index (χ0n) is 9.94. The molecular weight excluding hydrogens is 255 g/mol. The van der Waals surface area contributed by atoms with Crippen LogP contribution in [0.2, 0.25) is 0 Å². The summed E-state index contributed by atoms with van der Waals surface area (Å²) in [6.07, 6.45) is 1.29. The lowest BCUT2D eigenvalue weighted by atomic mass is 10.2. The van der Waals surface area contributed by atoms with Gasteiger partial charge in [-0.1, -0.05) is 6.07 Å². The maximum atomic E-state index is 13.0. The number of urea groups is 1. The van der Waals surface area contributed by atoms with E-state index in [0.717, 1.165) is 6.07 Å². The lowest BCUT2D eigenvalue weighted by molar-refractivity contribution is -0.131. The lowest BCUT2D eigenvalue weighted by Gasteiger charge is -2.08. The van der Waals surface area contributed by atoms with Gasteiger partial charge in [-0.15, -0.1) is 0 Å². The number of carboxylic acids is 1. The van der Waals surface area contributed by atoms with Gasteiger partial charge in [0.2, 0.25) is 0 Å². The molecule has 0 aliphatic heterocycles. The van der Waals surface area contributed by atoms with Crippen molar-refractivity contribution in [2.45, 2.75) is 6.92 Å². The molecule has 3 N–H and O–H groups in total. The van der Waals surface area contributed by atoms with Crippen LogP contribution >= 0.6 is 0 Å². The minimum Gasteiger partial charge on any atom is -0.478 e. The first kappa shape index (κ1) is 14.4. The summed E-state index contributed by atoms with van der Waals surface area (Å²) >= 11 is 0. The van der Waals surface area contributed by atoms with E-state index in [-0.39, 0.29) is 5.69 Å². The summed E-state index contributed by atoms with van der Waals surface area (Å²) in [4.78, 5) is 32.6. The molecule has 1 aromatic rings. The number of amides is 3. The summed E-state index contributed by atoms with van der Waals surface area (Å²) in [6, 6.07) is 2.93. The minimum atomic E-state index is -1.31. The van der Waals surface area contributed by atoms with Crippen LogP contribution in [-0.4, -0.2) is 23.0 Å². The summed E-state index contributed by atoms with van der Waals surface area (Å²) in [5.74, 6) is -2.73. The molecule has 0 unspecified atom stereocenters. The van der Waals surface area contributed by atoms with Crippen LogP contribution in [0.5, 0.6) is 0 Å². The topological polar surface area (TPSA) is 95.5 Å². The number of halogens is 1. The molecule has 0 aliphatic rings. The fourth-order valence-electron chi connectivity index (χ4n) is 1.18. The third kappa shape index (κ3) is 4.99. The van der Waals surface area contributed by atoms with Gasteiger partial charge < -0.3 is 10.4 Å². The highest BCUT2D eigenvalue weighted by molar-refractivity contribution is 6.06. The van der Waals surface area contributed by atoms with Gasteiger partial charge >= 0.3 is 12.0 Å². The molecule has 1 rings (SSSR count). The first-order valence-electron chi connectivity index (χ1n) is 5.17. The molecule has 0 aliphatic carbocycles. The largest absolute Gasteiger partial charge is 0.478 e. The van der Waals surface area contributed by atoms with Gasteiger partial charge in [0.05, 0.1) is 0 Å². The molecular formula is C12H11FN2O4. The maximum absolute atomic E-state index is 13.0. The van der Waals surface area contributed by atoms with E-state index in [4.69, 9.17) is 5.11 Å². The van der Waals surface area contributed by atoms with Crippen LogP contribution in [-0.2, 0) is 9.59 Å². The number of carboxylic acid groups (broad SMARTS) is 1. The molecule has 100 valence electrons. The summed E-state index contributed by atoms with van der Waals surface area (Å²) in [7, 11) is 0. The zero-order chi connectivity index (χ0) is 14.4. The highest BCUT2D eigenvalue weighted by atomic mass is 19.1. The van der Waals surface area contributed by atoms with Crippen molar-refractivity contribution in [3.63, 3.8) is 0 Å². The van der Waals surface area contributed by atoms with Crippen molar-refractivity contribution in [3.05, 3.63) is 41.7 Å². The highest BCUT2D eigenvalue weighted by Gasteiger charge is 2.08. The van der Waals surface area contributed by atoms with Crippen molar-refractivity contribution in [1.82, 2.24) is 5.32 Å². The molecule has 0 spiro atoms. The Morgan fingerprint density at radius 3 is 2.58 bits per heavy atom. The van der Waals surface area contributed by atoms with Crippen molar-refractivity contribution in [2.24, 2.45) is 0 Å². The van der Waals surface area contributed by atoms with Gasteiger partial charge in [0.25, 0.3) is 5.91 Å². The van der Waals surface area contributed by atoms with E-state index in [9.17, 15) is 18.8 Å². The molecule has 0 saturated carbocycles. The second kappa shape index (κ2) is 6.29. The number of aryl methyl sites for hydroxylation is 1. The summed E-state index contributed by atoms with van der Waals surface area (Å²) < 4.78 is 13.0. The molecule has 3 amide bonds. The van der Waals surface area contributed by atoms with E-state index >= 15 is 0 Å². The molecule has 0 heterocycles. The third-order valence-corrected chi connectivity index (χ3v) is 2.06. The predicted molar refractivity (Wildman–Crippen MR) is 65.1 cm³/mol. The second-order valence-corrected chi connectivity index (χ2v) is 3.57. The molecule has 0 atom stereocenters. The van der Waals surface area contributed by atoms with Crippen molar-refractivity contribution in [1.29, 1.82) is 0 Å². The Hall–Kier alpha value is -2.70. The van der Waals surface area contributed by atoms with Gasteiger partial charge in [-0.25, -0.2) is 14.0 Å². The Bertz CT molecular complexity index is 555. The Balaban J connectivity index is 2.63. The molecule has 0 bridgehead atoms. The number of benzene rings is 1. The van der Waals surface area contributed by atoms with Gasteiger partial charge in [-0.05, 0) is 24.6 Å². The SMILES string of the molecule is Cc1ccc(F)cc1NC(=O)NC(=O)/C=C/C(=O)O. The van der Waals surface area contributed by atoms with Crippen LogP contribution in [0.15, 0.2) is 30.4 Å². The zero-order valence-corrected chi connectivity index (χ0v) is 9.94. The maximum Gasteiger partial charge on any atom is 0.328 e. The van der Waals surface area contributed by atoms with Crippen LogP contribution in [0.25, 0.3) is 0 Å². The van der Waals surface area contributed by atoms with Crippen molar-refractivity contribution in [3.8, 4) is 0 Å². The van der Waals surface area contributed by atoms with E-state index in [2.05, 4.69) is 5.32 Å². The van der Waals surface area contributed by atoms with Crippen LogP contribution in [0.1, 0.15) is 5.56 Å². The third-order valence-electron chi connectivity index (χ3n) is 2.06. The smallest absolute Gasteiger partial charge is 0.328 e. The summed E-state index contributed by atoms with van der Waals surface area (Å²) in [6.45, 7) is 1.65. The molecule has 1 aromatic carbocycles. The Kier molecular flexibility index (Phi) is 4.76. The van der Waals surface area contributed by atoms with E-state index < -0.39 is 23.7 Å². The van der Waals surface area contributed by atoms with Crippen molar-refractivity contribution < 1.29 is 23.9 Å². The fraction of sp³-hybridized carbons (Fsp3) is 0.0833. The monoisotopic (exact) mass is 266 g/mol. The van der Waals surface area contributed by atoms with Crippen molar-refractivity contribution >= 4 is 23.6 Å². The highest BCUT2D eigenvalue weighted by Crippen LogP contribution is 2.15. The number of anilines is 1. The second-order valence-electron chi connectivity index (χ2n) is 3.57. The Labute approximate surface area is 107 Å². The number of hydrogen-bond donors (Lipinski definition) is 3. The molecule has 0 aromatic heterocycles. The quantitative estimate of drug-likeness (QED) is 0.721. The van der Waals surface area contributed by atoms with Gasteiger partial charge in [0.1, 0.15) is 5.82 Å². The number of rotatable bonds is 3. The van der Waals surface area contributed by atoms with E-state index in [1.807, 2.05) is 5.32 Å². The van der Waals surface area contributed by atoms with E-state index in [1.54, 1.807) is 6.92 Å². The number of carbonyl (C=O) groups excluding carboxylic acids is 2. The van der Waals surface area contributed by atoms with Gasteiger partial charge in [-0.3, -0.25) is 10.1 Å². The first-order chi connectivity index (χ1) is 8.88. The van der Waals surface area contributed by atoms with Crippen LogP contribution < -0.4 is 10.6 Å². The summed E-state index contributed by atoms with van der Waals surface area (Å²) in [5, 5.41) is 12.4. The normalized spacial score (nSPS) is 10.2. The van der Waals surface area contributed by atoms with Crippen LogP contribution in [0.4, 0.5) is 14.9 Å². The number of imide groups is 1. The number of hydrogen-bond acceptors (Lipinski definition) is 3. The van der Waals surface area contributed by atoms with Crippen LogP contribution in [0.3, 0.4) is 0 Å². The minimum absolute atomic E-state index is 0.215. The Morgan fingerprint density at radius 1 is 1.26 bits per heavy atom. The Morgan fingerprint density at radius 2 is 1.95 bits per heavy atom.